The minimum absolute atomic E-state index is 0.345. The summed E-state index contributed by atoms with van der Waals surface area (Å²) in [6.45, 7) is 0. The Morgan fingerprint density at radius 1 is 1.20 bits per heavy atom. The van der Waals surface area contributed by atoms with Gasteiger partial charge in [-0.2, -0.15) is 0 Å². The highest BCUT2D eigenvalue weighted by Gasteiger charge is 2.10. The van der Waals surface area contributed by atoms with Gasteiger partial charge in [0, 0.05) is 9.26 Å². The van der Waals surface area contributed by atoms with Gasteiger partial charge in [-0.25, -0.2) is 9.78 Å². The Morgan fingerprint density at radius 3 is 2.65 bits per heavy atom. The van der Waals surface area contributed by atoms with Crippen molar-refractivity contribution >= 4 is 39.6 Å². The van der Waals surface area contributed by atoms with Crippen LogP contribution in [-0.2, 0) is 4.74 Å². The van der Waals surface area contributed by atoms with Crippen LogP contribution < -0.4 is 0 Å². The number of benzene rings is 2. The highest BCUT2D eigenvalue weighted by molar-refractivity contribution is 14.1. The summed E-state index contributed by atoms with van der Waals surface area (Å²) >= 11 is 2.27. The molecule has 0 saturated heterocycles. The molecule has 2 aromatic carbocycles. The van der Waals surface area contributed by atoms with Gasteiger partial charge in [-0.15, -0.1) is 0 Å². The number of imidazole rings is 1. The summed E-state index contributed by atoms with van der Waals surface area (Å²) in [7, 11) is 1.38. The first-order chi connectivity index (χ1) is 9.69. The predicted octanol–water partition coefficient (Wildman–Crippen LogP) is 3.42. The maximum absolute atomic E-state index is 11.6. The van der Waals surface area contributed by atoms with Crippen molar-refractivity contribution in [2.24, 2.45) is 0 Å². The summed E-state index contributed by atoms with van der Waals surface area (Å²) in [6, 6.07) is 13.5. The van der Waals surface area contributed by atoms with Gasteiger partial charge in [0.25, 0.3) is 0 Å². The number of nitrogens with zero attached hydrogens (tertiary/aromatic N) is 2. The van der Waals surface area contributed by atoms with E-state index in [4.69, 9.17) is 4.74 Å². The molecule has 0 aliphatic heterocycles. The van der Waals surface area contributed by atoms with Crippen LogP contribution in [0.1, 0.15) is 10.4 Å². The van der Waals surface area contributed by atoms with Crippen molar-refractivity contribution in [3.8, 4) is 5.69 Å². The van der Waals surface area contributed by atoms with Crippen molar-refractivity contribution in [1.29, 1.82) is 0 Å². The topological polar surface area (TPSA) is 44.1 Å². The maximum Gasteiger partial charge on any atom is 0.337 e. The monoisotopic (exact) mass is 378 g/mol. The van der Waals surface area contributed by atoms with Crippen LogP contribution >= 0.6 is 22.6 Å². The lowest BCUT2D eigenvalue weighted by atomic mass is 10.2. The number of hydrogen-bond donors (Lipinski definition) is 0. The Morgan fingerprint density at radius 2 is 1.95 bits per heavy atom. The summed E-state index contributed by atoms with van der Waals surface area (Å²) in [5.74, 6) is -0.345. The molecule has 0 atom stereocenters. The number of aromatic nitrogens is 2. The second kappa shape index (κ2) is 5.24. The van der Waals surface area contributed by atoms with Crippen LogP contribution in [0.3, 0.4) is 0 Å². The molecule has 20 heavy (non-hydrogen) atoms. The van der Waals surface area contributed by atoms with E-state index in [2.05, 4.69) is 27.6 Å². The molecule has 0 aliphatic carbocycles. The first-order valence-electron chi connectivity index (χ1n) is 6.00. The van der Waals surface area contributed by atoms with Crippen LogP contribution in [0.2, 0.25) is 0 Å². The number of carbonyl (C=O) groups is 1. The smallest absolute Gasteiger partial charge is 0.337 e. The number of methoxy groups -OCH3 is 1. The van der Waals surface area contributed by atoms with E-state index in [0.29, 0.717) is 5.56 Å². The Hall–Kier alpha value is -1.89. The quantitative estimate of drug-likeness (QED) is 0.507. The number of rotatable bonds is 2. The minimum atomic E-state index is -0.345. The highest BCUT2D eigenvalue weighted by Crippen LogP contribution is 2.20. The predicted molar refractivity (Wildman–Crippen MR) is 85.1 cm³/mol. The number of esters is 1. The molecule has 1 aromatic heterocycles. The van der Waals surface area contributed by atoms with E-state index in [-0.39, 0.29) is 5.97 Å². The molecular weight excluding hydrogens is 367 g/mol. The van der Waals surface area contributed by atoms with Crippen LogP contribution in [0.5, 0.6) is 0 Å². The fraction of sp³-hybridized carbons (Fsp3) is 0.0667. The van der Waals surface area contributed by atoms with Gasteiger partial charge in [-0.05, 0) is 65.1 Å². The van der Waals surface area contributed by atoms with Crippen molar-refractivity contribution in [1.82, 2.24) is 9.55 Å². The lowest BCUT2D eigenvalue weighted by molar-refractivity contribution is 0.0601. The van der Waals surface area contributed by atoms with Gasteiger partial charge in [-0.3, -0.25) is 4.57 Å². The molecule has 0 radical (unpaired) electrons. The first-order valence-corrected chi connectivity index (χ1v) is 7.08. The molecule has 3 rings (SSSR count). The third kappa shape index (κ3) is 2.29. The maximum atomic E-state index is 11.6. The molecule has 0 unspecified atom stereocenters. The molecule has 0 bridgehead atoms. The number of fused-ring (bicyclic) bond motifs is 1. The summed E-state index contributed by atoms with van der Waals surface area (Å²) in [6.07, 6.45) is 1.76. The van der Waals surface area contributed by atoms with Crippen LogP contribution in [0, 0.1) is 3.57 Å². The van der Waals surface area contributed by atoms with Crippen molar-refractivity contribution in [2.75, 3.05) is 7.11 Å². The van der Waals surface area contributed by atoms with Gasteiger partial charge >= 0.3 is 5.97 Å². The molecule has 0 saturated carbocycles. The van der Waals surface area contributed by atoms with Crippen molar-refractivity contribution < 1.29 is 9.53 Å². The molecule has 0 amide bonds. The molecule has 5 heteroatoms. The van der Waals surface area contributed by atoms with E-state index in [1.165, 1.54) is 10.7 Å². The molecule has 0 N–H and O–H groups in total. The average Bonchev–Trinajstić information content (AvgIpc) is 2.90. The SMILES string of the molecule is COC(=O)c1ccc2ncn(-c3ccc(I)cc3)c2c1. The molecule has 0 aliphatic rings. The molecule has 100 valence electrons. The Balaban J connectivity index is 2.16. The lowest BCUT2D eigenvalue weighted by Crippen LogP contribution is -2.01. The third-order valence-corrected chi connectivity index (χ3v) is 3.79. The summed E-state index contributed by atoms with van der Waals surface area (Å²) in [5.41, 5.74) is 3.26. The summed E-state index contributed by atoms with van der Waals surface area (Å²) in [4.78, 5) is 16.0. The number of hydrogen-bond acceptors (Lipinski definition) is 3. The largest absolute Gasteiger partial charge is 0.465 e. The second-order valence-corrected chi connectivity index (χ2v) is 5.53. The fourth-order valence-electron chi connectivity index (χ4n) is 2.06. The zero-order valence-corrected chi connectivity index (χ0v) is 12.9. The van der Waals surface area contributed by atoms with E-state index in [1.54, 1.807) is 18.5 Å². The molecule has 4 nitrogen and oxygen atoms in total. The summed E-state index contributed by atoms with van der Waals surface area (Å²) < 4.78 is 7.88. The second-order valence-electron chi connectivity index (χ2n) is 4.29. The number of carbonyl (C=O) groups excluding carboxylic acids is 1. The molecular formula is C15H11IN2O2. The Kier molecular flexibility index (Phi) is 3.43. The van der Waals surface area contributed by atoms with Crippen molar-refractivity contribution in [3.63, 3.8) is 0 Å². The highest BCUT2D eigenvalue weighted by atomic mass is 127. The zero-order chi connectivity index (χ0) is 14.1. The molecule has 1 heterocycles. The summed E-state index contributed by atoms with van der Waals surface area (Å²) in [5, 5.41) is 0. The van der Waals surface area contributed by atoms with E-state index in [0.717, 1.165) is 16.7 Å². The van der Waals surface area contributed by atoms with Gasteiger partial charge in [0.2, 0.25) is 0 Å². The minimum Gasteiger partial charge on any atom is -0.465 e. The van der Waals surface area contributed by atoms with E-state index in [9.17, 15) is 4.79 Å². The van der Waals surface area contributed by atoms with E-state index in [1.807, 2.05) is 34.9 Å². The van der Waals surface area contributed by atoms with Gasteiger partial charge in [0.05, 0.1) is 23.7 Å². The first kappa shape index (κ1) is 13.1. The van der Waals surface area contributed by atoms with E-state index >= 15 is 0 Å². The number of ether oxygens (including phenoxy) is 1. The van der Waals surface area contributed by atoms with Gasteiger partial charge in [0.15, 0.2) is 0 Å². The number of halogens is 1. The van der Waals surface area contributed by atoms with Gasteiger partial charge < -0.3 is 4.74 Å². The van der Waals surface area contributed by atoms with Crippen molar-refractivity contribution in [2.45, 2.75) is 0 Å². The normalized spacial score (nSPS) is 10.7. The standard InChI is InChI=1S/C15H11IN2O2/c1-20-15(19)10-2-7-13-14(8-10)18(9-17-13)12-5-3-11(16)4-6-12/h2-9H,1H3. The third-order valence-electron chi connectivity index (χ3n) is 3.07. The molecule has 0 spiro atoms. The van der Waals surface area contributed by atoms with Crippen molar-refractivity contribution in [3.05, 3.63) is 57.9 Å². The lowest BCUT2D eigenvalue weighted by Gasteiger charge is -2.05. The van der Waals surface area contributed by atoms with Gasteiger partial charge in [-0.1, -0.05) is 0 Å². The Labute approximate surface area is 129 Å². The zero-order valence-electron chi connectivity index (χ0n) is 10.7. The molecule has 3 aromatic rings. The Bertz CT molecular complexity index is 778. The van der Waals surface area contributed by atoms with Crippen LogP contribution in [0.4, 0.5) is 0 Å². The van der Waals surface area contributed by atoms with Gasteiger partial charge in [0.1, 0.15) is 6.33 Å². The molecule has 0 fully saturated rings. The fourth-order valence-corrected chi connectivity index (χ4v) is 2.42. The van der Waals surface area contributed by atoms with Crippen LogP contribution in [0.25, 0.3) is 16.7 Å². The average molecular weight is 378 g/mol. The van der Waals surface area contributed by atoms with E-state index < -0.39 is 0 Å². The van der Waals surface area contributed by atoms with Crippen LogP contribution in [0.15, 0.2) is 48.8 Å². The van der Waals surface area contributed by atoms with Crippen LogP contribution in [-0.4, -0.2) is 22.6 Å².